The lowest BCUT2D eigenvalue weighted by molar-refractivity contribution is -0.142. The Morgan fingerprint density at radius 3 is 2.50 bits per heavy atom. The number of carboxylic acid groups (broad SMARTS) is 1. The van der Waals surface area contributed by atoms with Crippen LogP contribution >= 0.6 is 0 Å². The van der Waals surface area contributed by atoms with Gasteiger partial charge in [-0.3, -0.25) is 10.1 Å². The van der Waals surface area contributed by atoms with Gasteiger partial charge in [0, 0.05) is 0 Å². The molecular weight excluding hydrogens is 208 g/mol. The maximum absolute atomic E-state index is 11.3. The molecule has 90 valence electrons. The second-order valence-corrected chi connectivity index (χ2v) is 3.90. The van der Waals surface area contributed by atoms with Gasteiger partial charge < -0.3 is 10.4 Å². The molecular formula is C11H18N2O3. The Hall–Kier alpha value is -1.54. The van der Waals surface area contributed by atoms with E-state index in [1.54, 1.807) is 0 Å². The fraction of sp³-hybridized carbons (Fsp3) is 0.636. The van der Waals surface area contributed by atoms with E-state index in [0.717, 1.165) is 0 Å². The van der Waals surface area contributed by atoms with Crippen LogP contribution < -0.4 is 10.6 Å². The standard InChI is InChI=1S/C11H18N2O3/c1-4-5-12-7-10(14)13-9(11(15)16)6-8(2)3/h1,8-9,12H,5-7H2,2-3H3,(H,13,14)(H,15,16). The van der Waals surface area contributed by atoms with Crippen molar-refractivity contribution in [1.82, 2.24) is 10.6 Å². The summed E-state index contributed by atoms with van der Waals surface area (Å²) in [6.45, 7) is 4.12. The molecule has 0 aliphatic rings. The molecule has 1 amide bonds. The van der Waals surface area contributed by atoms with Crippen LogP contribution in [0.3, 0.4) is 0 Å². The van der Waals surface area contributed by atoms with Crippen LogP contribution in [0.1, 0.15) is 20.3 Å². The van der Waals surface area contributed by atoms with Gasteiger partial charge >= 0.3 is 5.97 Å². The summed E-state index contributed by atoms with van der Waals surface area (Å²) in [5, 5.41) is 14.0. The number of carboxylic acids is 1. The van der Waals surface area contributed by atoms with Crippen LogP contribution in [-0.4, -0.2) is 36.1 Å². The molecule has 1 unspecified atom stereocenters. The second-order valence-electron chi connectivity index (χ2n) is 3.90. The fourth-order valence-corrected chi connectivity index (χ4v) is 1.19. The first-order valence-corrected chi connectivity index (χ1v) is 5.13. The number of nitrogens with one attached hydrogen (secondary N) is 2. The predicted octanol–water partition coefficient (Wildman–Crippen LogP) is -0.175. The molecule has 5 heteroatoms. The van der Waals surface area contributed by atoms with Crippen LogP contribution in [0.25, 0.3) is 0 Å². The molecule has 0 radical (unpaired) electrons. The third-order valence-electron chi connectivity index (χ3n) is 1.85. The predicted molar refractivity (Wildman–Crippen MR) is 60.7 cm³/mol. The molecule has 0 bridgehead atoms. The van der Waals surface area contributed by atoms with Gasteiger partial charge in [-0.05, 0) is 12.3 Å². The molecule has 0 aromatic heterocycles. The Morgan fingerprint density at radius 1 is 1.44 bits per heavy atom. The quantitative estimate of drug-likeness (QED) is 0.416. The summed E-state index contributed by atoms with van der Waals surface area (Å²) < 4.78 is 0. The molecule has 0 aliphatic heterocycles. The Balaban J connectivity index is 4.04. The smallest absolute Gasteiger partial charge is 0.326 e. The largest absolute Gasteiger partial charge is 0.480 e. The zero-order valence-corrected chi connectivity index (χ0v) is 9.62. The molecule has 0 spiro atoms. The maximum Gasteiger partial charge on any atom is 0.326 e. The number of terminal acetylenes is 1. The van der Waals surface area contributed by atoms with Crippen molar-refractivity contribution >= 4 is 11.9 Å². The van der Waals surface area contributed by atoms with Crippen molar-refractivity contribution in [2.45, 2.75) is 26.3 Å². The molecule has 0 fully saturated rings. The Morgan fingerprint density at radius 2 is 2.06 bits per heavy atom. The highest BCUT2D eigenvalue weighted by Gasteiger charge is 2.20. The van der Waals surface area contributed by atoms with Crippen molar-refractivity contribution in [2.75, 3.05) is 13.1 Å². The van der Waals surface area contributed by atoms with Crippen LogP contribution in [0, 0.1) is 18.3 Å². The van der Waals surface area contributed by atoms with Gasteiger partial charge in [-0.1, -0.05) is 19.8 Å². The van der Waals surface area contributed by atoms with E-state index < -0.39 is 12.0 Å². The van der Waals surface area contributed by atoms with Gasteiger partial charge in [0.1, 0.15) is 6.04 Å². The van der Waals surface area contributed by atoms with Gasteiger partial charge in [0.2, 0.25) is 5.91 Å². The number of hydrogen-bond acceptors (Lipinski definition) is 3. The molecule has 0 heterocycles. The number of aliphatic carboxylic acids is 1. The number of carbonyl (C=O) groups is 2. The molecule has 0 aromatic rings. The van der Waals surface area contributed by atoms with Gasteiger partial charge in [0.15, 0.2) is 0 Å². The van der Waals surface area contributed by atoms with E-state index in [9.17, 15) is 9.59 Å². The van der Waals surface area contributed by atoms with Crippen LogP contribution in [-0.2, 0) is 9.59 Å². The zero-order valence-electron chi connectivity index (χ0n) is 9.62. The van der Waals surface area contributed by atoms with E-state index in [2.05, 4.69) is 16.6 Å². The van der Waals surface area contributed by atoms with Crippen molar-refractivity contribution in [3.05, 3.63) is 0 Å². The van der Waals surface area contributed by atoms with Crippen molar-refractivity contribution < 1.29 is 14.7 Å². The van der Waals surface area contributed by atoms with E-state index in [1.165, 1.54) is 0 Å². The lowest BCUT2D eigenvalue weighted by Crippen LogP contribution is -2.45. The van der Waals surface area contributed by atoms with Gasteiger partial charge in [0.05, 0.1) is 13.1 Å². The van der Waals surface area contributed by atoms with Crippen LogP contribution in [0.15, 0.2) is 0 Å². The molecule has 0 aliphatic carbocycles. The van der Waals surface area contributed by atoms with Crippen LogP contribution in [0.5, 0.6) is 0 Å². The van der Waals surface area contributed by atoms with E-state index >= 15 is 0 Å². The summed E-state index contributed by atoms with van der Waals surface area (Å²) in [7, 11) is 0. The average molecular weight is 226 g/mol. The maximum atomic E-state index is 11.3. The highest BCUT2D eigenvalue weighted by molar-refractivity contribution is 5.84. The summed E-state index contributed by atoms with van der Waals surface area (Å²) in [5.74, 6) is 1.16. The summed E-state index contributed by atoms with van der Waals surface area (Å²) in [4.78, 5) is 22.1. The molecule has 3 N–H and O–H groups in total. The third kappa shape index (κ3) is 6.85. The van der Waals surface area contributed by atoms with Crippen LogP contribution in [0.2, 0.25) is 0 Å². The molecule has 16 heavy (non-hydrogen) atoms. The Kier molecular flexibility index (Phi) is 6.97. The number of hydrogen-bond donors (Lipinski definition) is 3. The van der Waals surface area contributed by atoms with E-state index in [0.29, 0.717) is 6.42 Å². The lowest BCUT2D eigenvalue weighted by Gasteiger charge is -2.16. The van der Waals surface area contributed by atoms with E-state index in [1.807, 2.05) is 13.8 Å². The van der Waals surface area contributed by atoms with Gasteiger partial charge in [0.25, 0.3) is 0 Å². The highest BCUT2D eigenvalue weighted by atomic mass is 16.4. The normalized spacial score (nSPS) is 11.9. The van der Waals surface area contributed by atoms with Crippen molar-refractivity contribution in [3.63, 3.8) is 0 Å². The van der Waals surface area contributed by atoms with Crippen molar-refractivity contribution in [2.24, 2.45) is 5.92 Å². The summed E-state index contributed by atoms with van der Waals surface area (Å²) >= 11 is 0. The van der Waals surface area contributed by atoms with Crippen molar-refractivity contribution in [3.8, 4) is 12.3 Å². The third-order valence-corrected chi connectivity index (χ3v) is 1.85. The Bertz CT molecular complexity index is 281. The highest BCUT2D eigenvalue weighted by Crippen LogP contribution is 2.04. The molecule has 0 saturated carbocycles. The monoisotopic (exact) mass is 226 g/mol. The summed E-state index contributed by atoms with van der Waals surface area (Å²) in [5.41, 5.74) is 0. The first kappa shape index (κ1) is 14.5. The summed E-state index contributed by atoms with van der Waals surface area (Å²) in [6.07, 6.45) is 5.40. The molecule has 0 aromatic carbocycles. The summed E-state index contributed by atoms with van der Waals surface area (Å²) in [6, 6.07) is -0.833. The number of carbonyl (C=O) groups excluding carboxylic acids is 1. The average Bonchev–Trinajstić information content (AvgIpc) is 2.16. The minimum Gasteiger partial charge on any atom is -0.480 e. The topological polar surface area (TPSA) is 78.4 Å². The Labute approximate surface area is 95.6 Å². The number of amides is 1. The first-order chi connectivity index (χ1) is 7.47. The minimum atomic E-state index is -1.01. The van der Waals surface area contributed by atoms with Gasteiger partial charge in [-0.25, -0.2) is 4.79 Å². The molecule has 0 rings (SSSR count). The SMILES string of the molecule is C#CCNCC(=O)NC(CC(C)C)C(=O)O. The molecule has 0 saturated heterocycles. The molecule has 1 atom stereocenters. The number of rotatable bonds is 7. The van der Waals surface area contributed by atoms with E-state index in [-0.39, 0.29) is 24.9 Å². The molecule has 5 nitrogen and oxygen atoms in total. The second kappa shape index (κ2) is 7.71. The van der Waals surface area contributed by atoms with E-state index in [4.69, 9.17) is 11.5 Å². The van der Waals surface area contributed by atoms with Crippen LogP contribution in [0.4, 0.5) is 0 Å². The van der Waals surface area contributed by atoms with Gasteiger partial charge in [-0.2, -0.15) is 0 Å². The minimum absolute atomic E-state index is 0.0338. The first-order valence-electron chi connectivity index (χ1n) is 5.13. The van der Waals surface area contributed by atoms with Crippen molar-refractivity contribution in [1.29, 1.82) is 0 Å². The lowest BCUT2D eigenvalue weighted by atomic mass is 10.0. The zero-order chi connectivity index (χ0) is 12.6. The fourth-order valence-electron chi connectivity index (χ4n) is 1.19. The van der Waals surface area contributed by atoms with Gasteiger partial charge in [-0.15, -0.1) is 6.42 Å².